The van der Waals surface area contributed by atoms with Gasteiger partial charge in [0.2, 0.25) is 0 Å². The van der Waals surface area contributed by atoms with Gasteiger partial charge in [-0.05, 0) is 31.5 Å². The molecule has 0 aliphatic carbocycles. The Morgan fingerprint density at radius 3 is 2.75 bits per heavy atom. The maximum atomic E-state index is 11.5. The van der Waals surface area contributed by atoms with Crippen LogP contribution in [0.2, 0.25) is 0 Å². The molecule has 0 radical (unpaired) electrons. The van der Waals surface area contributed by atoms with Crippen molar-refractivity contribution in [3.63, 3.8) is 0 Å². The van der Waals surface area contributed by atoms with Gasteiger partial charge in [0.15, 0.2) is 5.82 Å². The summed E-state index contributed by atoms with van der Waals surface area (Å²) in [5, 5.41) is 0. The fraction of sp³-hybridized carbons (Fsp3) is 0.182. The first kappa shape index (κ1) is 10.4. The first-order chi connectivity index (χ1) is 7.58. The zero-order valence-corrected chi connectivity index (χ0v) is 9.11. The predicted molar refractivity (Wildman–Crippen MR) is 62.0 cm³/mol. The van der Waals surface area contributed by atoms with E-state index in [-0.39, 0.29) is 11.4 Å². The van der Waals surface area contributed by atoms with E-state index in [1.54, 1.807) is 13.1 Å². The minimum atomic E-state index is -0.231. The molecule has 0 fully saturated rings. The molecule has 0 amide bonds. The summed E-state index contributed by atoms with van der Waals surface area (Å²) >= 11 is 0. The Morgan fingerprint density at radius 2 is 2.12 bits per heavy atom. The number of H-pyrrole nitrogens is 1. The van der Waals surface area contributed by atoms with Crippen molar-refractivity contribution in [2.75, 3.05) is 5.73 Å². The molecule has 2 heterocycles. The molecular weight excluding hydrogens is 204 g/mol. The van der Waals surface area contributed by atoms with E-state index in [0.29, 0.717) is 17.1 Å². The maximum absolute atomic E-state index is 11.5. The number of nitrogen functional groups attached to an aromatic ring is 1. The first-order valence-electron chi connectivity index (χ1n) is 4.87. The van der Waals surface area contributed by atoms with Crippen LogP contribution in [0.5, 0.6) is 0 Å². The van der Waals surface area contributed by atoms with Crippen molar-refractivity contribution < 1.29 is 0 Å². The summed E-state index contributed by atoms with van der Waals surface area (Å²) in [5.41, 5.74) is 7.50. The van der Waals surface area contributed by atoms with Crippen molar-refractivity contribution >= 4 is 5.82 Å². The molecule has 0 saturated heterocycles. The smallest absolute Gasteiger partial charge is 0.256 e. The van der Waals surface area contributed by atoms with Gasteiger partial charge in [0.05, 0.1) is 5.56 Å². The van der Waals surface area contributed by atoms with Crippen LogP contribution in [0.25, 0.3) is 11.5 Å². The fourth-order valence-corrected chi connectivity index (χ4v) is 1.34. The van der Waals surface area contributed by atoms with Crippen LogP contribution in [0.1, 0.15) is 11.1 Å². The van der Waals surface area contributed by atoms with Gasteiger partial charge < -0.3 is 10.7 Å². The molecule has 2 aromatic heterocycles. The summed E-state index contributed by atoms with van der Waals surface area (Å²) in [5.74, 6) is 0.638. The quantitative estimate of drug-likeness (QED) is 0.745. The number of aromatic amines is 1. The Balaban J connectivity index is 2.61. The van der Waals surface area contributed by atoms with Crippen LogP contribution in [0.15, 0.2) is 23.1 Å². The van der Waals surface area contributed by atoms with Gasteiger partial charge >= 0.3 is 0 Å². The zero-order chi connectivity index (χ0) is 11.7. The zero-order valence-electron chi connectivity index (χ0n) is 9.11. The van der Waals surface area contributed by atoms with Crippen molar-refractivity contribution in [3.8, 4) is 11.5 Å². The Labute approximate surface area is 92.4 Å². The van der Waals surface area contributed by atoms with Gasteiger partial charge in [-0.2, -0.15) is 0 Å². The topological polar surface area (TPSA) is 84.7 Å². The number of nitrogens with zero attached hydrogens (tertiary/aromatic N) is 2. The second-order valence-electron chi connectivity index (χ2n) is 3.64. The number of nitrogens with one attached hydrogen (secondary N) is 1. The molecule has 82 valence electrons. The van der Waals surface area contributed by atoms with E-state index in [1.807, 2.05) is 19.1 Å². The number of rotatable bonds is 1. The second-order valence-corrected chi connectivity index (χ2v) is 3.64. The van der Waals surface area contributed by atoms with Gasteiger partial charge in [-0.15, -0.1) is 0 Å². The van der Waals surface area contributed by atoms with Gasteiger partial charge in [0.1, 0.15) is 11.5 Å². The summed E-state index contributed by atoms with van der Waals surface area (Å²) in [6.45, 7) is 3.58. The molecule has 0 atom stereocenters. The van der Waals surface area contributed by atoms with Gasteiger partial charge in [0, 0.05) is 6.20 Å². The Morgan fingerprint density at radius 1 is 1.38 bits per heavy atom. The highest BCUT2D eigenvalue weighted by Crippen LogP contribution is 2.13. The van der Waals surface area contributed by atoms with Gasteiger partial charge in [-0.25, -0.2) is 4.98 Å². The van der Waals surface area contributed by atoms with Gasteiger partial charge in [-0.3, -0.25) is 9.78 Å². The van der Waals surface area contributed by atoms with Crippen molar-refractivity contribution in [2.45, 2.75) is 13.8 Å². The number of hydrogen-bond donors (Lipinski definition) is 2. The van der Waals surface area contributed by atoms with E-state index in [1.165, 1.54) is 0 Å². The number of pyridine rings is 1. The Hall–Kier alpha value is -2.17. The fourth-order valence-electron chi connectivity index (χ4n) is 1.34. The molecule has 3 N–H and O–H groups in total. The van der Waals surface area contributed by atoms with Gasteiger partial charge in [-0.1, -0.05) is 0 Å². The summed E-state index contributed by atoms with van der Waals surface area (Å²) in [6, 6.07) is 3.71. The lowest BCUT2D eigenvalue weighted by Crippen LogP contribution is -2.15. The van der Waals surface area contributed by atoms with Crippen LogP contribution < -0.4 is 11.3 Å². The van der Waals surface area contributed by atoms with Crippen LogP contribution in [0, 0.1) is 13.8 Å². The largest absolute Gasteiger partial charge is 0.383 e. The SMILES string of the molecule is Cc1ccnc(-c2nc(N)c(C)c(=O)[nH]2)c1. The summed E-state index contributed by atoms with van der Waals surface area (Å²) < 4.78 is 0. The van der Waals surface area contributed by atoms with E-state index >= 15 is 0 Å². The number of nitrogens with two attached hydrogens (primary N) is 1. The van der Waals surface area contributed by atoms with E-state index in [2.05, 4.69) is 15.0 Å². The lowest BCUT2D eigenvalue weighted by Gasteiger charge is -2.03. The highest BCUT2D eigenvalue weighted by atomic mass is 16.1. The number of anilines is 1. The molecule has 5 heteroatoms. The average molecular weight is 216 g/mol. The highest BCUT2D eigenvalue weighted by molar-refractivity contribution is 5.53. The molecule has 0 bridgehead atoms. The number of hydrogen-bond acceptors (Lipinski definition) is 4. The van der Waals surface area contributed by atoms with E-state index in [0.717, 1.165) is 5.56 Å². The van der Waals surface area contributed by atoms with Crippen molar-refractivity contribution in [2.24, 2.45) is 0 Å². The molecular formula is C11H12N4O. The molecule has 0 aliphatic rings. The second kappa shape index (κ2) is 3.77. The van der Waals surface area contributed by atoms with Crippen LogP contribution in [-0.2, 0) is 0 Å². The molecule has 2 rings (SSSR count). The molecule has 0 spiro atoms. The van der Waals surface area contributed by atoms with Crippen LogP contribution >= 0.6 is 0 Å². The van der Waals surface area contributed by atoms with E-state index in [9.17, 15) is 4.79 Å². The van der Waals surface area contributed by atoms with Crippen LogP contribution in [0.4, 0.5) is 5.82 Å². The van der Waals surface area contributed by atoms with Crippen molar-refractivity contribution in [3.05, 3.63) is 39.8 Å². The minimum Gasteiger partial charge on any atom is -0.383 e. The Bertz CT molecular complexity index is 589. The Kier molecular flexibility index (Phi) is 2.44. The predicted octanol–water partition coefficient (Wildman–Crippen LogP) is 1.03. The molecule has 0 aliphatic heterocycles. The van der Waals surface area contributed by atoms with Crippen LogP contribution in [-0.4, -0.2) is 15.0 Å². The molecule has 2 aromatic rings. The molecule has 5 nitrogen and oxygen atoms in total. The lowest BCUT2D eigenvalue weighted by molar-refractivity contribution is 1.07. The van der Waals surface area contributed by atoms with E-state index < -0.39 is 0 Å². The molecule has 16 heavy (non-hydrogen) atoms. The summed E-state index contributed by atoms with van der Waals surface area (Å²) in [7, 11) is 0. The summed E-state index contributed by atoms with van der Waals surface area (Å²) in [4.78, 5) is 22.4. The van der Waals surface area contributed by atoms with E-state index in [4.69, 9.17) is 5.73 Å². The number of aryl methyl sites for hydroxylation is 1. The van der Waals surface area contributed by atoms with Gasteiger partial charge in [0.25, 0.3) is 5.56 Å². The third-order valence-electron chi connectivity index (χ3n) is 2.35. The van der Waals surface area contributed by atoms with Crippen LogP contribution in [0.3, 0.4) is 0 Å². The third-order valence-corrected chi connectivity index (χ3v) is 2.35. The molecule has 0 saturated carbocycles. The number of aromatic nitrogens is 3. The molecule has 0 aromatic carbocycles. The standard InChI is InChI=1S/C11H12N4O/c1-6-3-4-13-8(5-6)10-14-9(12)7(2)11(16)15-10/h3-5H,1-2H3,(H3,12,14,15,16). The third kappa shape index (κ3) is 1.79. The average Bonchev–Trinajstić information content (AvgIpc) is 2.25. The summed E-state index contributed by atoms with van der Waals surface area (Å²) in [6.07, 6.45) is 1.67. The van der Waals surface area contributed by atoms with Crippen molar-refractivity contribution in [1.29, 1.82) is 0 Å². The first-order valence-corrected chi connectivity index (χ1v) is 4.87. The monoisotopic (exact) mass is 216 g/mol. The maximum Gasteiger partial charge on any atom is 0.256 e. The highest BCUT2D eigenvalue weighted by Gasteiger charge is 2.07. The van der Waals surface area contributed by atoms with Crippen molar-refractivity contribution in [1.82, 2.24) is 15.0 Å². The lowest BCUT2D eigenvalue weighted by atomic mass is 10.2. The minimum absolute atomic E-state index is 0.231. The normalized spacial score (nSPS) is 10.4. The molecule has 0 unspecified atom stereocenters.